The smallest absolute Gasteiger partial charge is 0.387 e. The van der Waals surface area contributed by atoms with Gasteiger partial charge >= 0.3 is 12.4 Å². The topological polar surface area (TPSA) is 20.2 Å². The van der Waals surface area contributed by atoms with Gasteiger partial charge in [-0.2, -0.15) is 26.3 Å². The molecule has 1 nitrogen and oxygen atoms in total. The summed E-state index contributed by atoms with van der Waals surface area (Å²) >= 11 is 0. The molecule has 1 N–H and O–H groups in total. The van der Waals surface area contributed by atoms with Crippen LogP contribution in [0.3, 0.4) is 0 Å². The van der Waals surface area contributed by atoms with E-state index in [2.05, 4.69) is 0 Å². The van der Waals surface area contributed by atoms with Gasteiger partial charge in [-0.25, -0.2) is 43.9 Å². The molecule has 2 aromatic rings. The summed E-state index contributed by atoms with van der Waals surface area (Å²) in [5.41, 5.74) is 0. The van der Waals surface area contributed by atoms with Gasteiger partial charge in [0.15, 0.2) is 52.5 Å². The Bertz CT molecular complexity index is 982. The van der Waals surface area contributed by atoms with Crippen LogP contribution in [0.25, 0.3) is 0 Å². The van der Waals surface area contributed by atoms with E-state index in [9.17, 15) is 75.4 Å². The molecule has 2 aromatic carbocycles. The van der Waals surface area contributed by atoms with Crippen LogP contribution in [0.4, 0.5) is 70.2 Å². The van der Waals surface area contributed by atoms with Crippen LogP contribution in [0.2, 0.25) is 0 Å². The first kappa shape index (κ1) is 28.0. The lowest BCUT2D eigenvalue weighted by molar-refractivity contribution is -0.296. The van der Waals surface area contributed by atoms with Crippen LogP contribution < -0.4 is 10.6 Å². The normalized spacial score (nSPS) is 13.9. The van der Waals surface area contributed by atoms with Crippen molar-refractivity contribution in [3.8, 4) is 0 Å². The quantitative estimate of drug-likeness (QED) is 0.230. The van der Waals surface area contributed by atoms with Crippen LogP contribution in [0.5, 0.6) is 0 Å². The second-order valence-electron chi connectivity index (χ2n) is 6.18. The van der Waals surface area contributed by atoms with E-state index in [4.69, 9.17) is 0 Å². The predicted molar refractivity (Wildman–Crippen MR) is 80.3 cm³/mol. The Kier molecular flexibility index (Phi) is 7.45. The van der Waals surface area contributed by atoms with E-state index in [1.807, 2.05) is 0 Å². The maximum Gasteiger partial charge on any atom is 0.403 e. The van der Waals surface area contributed by atoms with Gasteiger partial charge in [0.25, 0.3) is 0 Å². The third-order valence-corrected chi connectivity index (χ3v) is 6.70. The number of aliphatic hydroxyl groups is 1. The molecule has 0 aliphatic carbocycles. The second-order valence-corrected chi connectivity index (χ2v) is 8.35. The van der Waals surface area contributed by atoms with Gasteiger partial charge in [-0.1, -0.05) is 0 Å². The minimum Gasteiger partial charge on any atom is -0.387 e. The average molecular weight is 546 g/mol. The van der Waals surface area contributed by atoms with Gasteiger partial charge in [0, 0.05) is 0 Å². The number of aliphatic hydroxyl groups excluding tert-OH is 1. The number of hydrogen-bond acceptors (Lipinski definition) is 1. The SMILES string of the molecule is OC(C(C(F)(F)F)C(F)(F)F)P(c1c(F)c(F)c(F)c(F)c1F)c1c(F)c(F)c(F)c(F)c1F. The Morgan fingerprint density at radius 3 is 0.853 bits per heavy atom. The van der Waals surface area contributed by atoms with Gasteiger partial charge in [-0.05, 0) is 7.92 Å². The van der Waals surface area contributed by atoms with Gasteiger partial charge in [0.1, 0.15) is 5.85 Å². The Hall–Kier alpha value is -2.29. The van der Waals surface area contributed by atoms with Gasteiger partial charge < -0.3 is 5.11 Å². The first-order valence-electron chi connectivity index (χ1n) is 7.90. The van der Waals surface area contributed by atoms with Crippen molar-refractivity contribution >= 4 is 18.5 Å². The van der Waals surface area contributed by atoms with Crippen LogP contribution in [-0.4, -0.2) is 23.3 Å². The molecule has 0 amide bonds. The number of halogens is 16. The highest BCUT2D eigenvalue weighted by Crippen LogP contribution is 2.53. The molecule has 0 heterocycles. The molecule has 0 aromatic heterocycles. The summed E-state index contributed by atoms with van der Waals surface area (Å²) in [6, 6.07) is 0. The summed E-state index contributed by atoms with van der Waals surface area (Å²) in [5.74, 6) is -41.2. The fourth-order valence-electron chi connectivity index (χ4n) is 2.66. The maximum absolute atomic E-state index is 14.2. The third-order valence-electron chi connectivity index (χ3n) is 4.12. The summed E-state index contributed by atoms with van der Waals surface area (Å²) in [4.78, 5) is 0. The standard InChI is InChI=1S/C16H3F16OP/c17-1-3(19)7(23)11(8(24)4(1)20)34(14(33)13(15(27,28)29)16(30,31)32)12-9(25)5(21)2(18)6(22)10(12)26/h13-14,33H. The van der Waals surface area contributed by atoms with E-state index in [-0.39, 0.29) is 0 Å². The molecule has 1 unspecified atom stereocenters. The van der Waals surface area contributed by atoms with Crippen molar-refractivity contribution in [2.24, 2.45) is 5.92 Å². The van der Waals surface area contributed by atoms with Crippen molar-refractivity contribution in [3.05, 3.63) is 58.2 Å². The zero-order valence-electron chi connectivity index (χ0n) is 15.1. The summed E-state index contributed by atoms with van der Waals surface area (Å²) < 4.78 is 216. The molecule has 0 fully saturated rings. The van der Waals surface area contributed by atoms with Crippen molar-refractivity contribution in [2.75, 3.05) is 0 Å². The van der Waals surface area contributed by atoms with E-state index in [0.29, 0.717) is 0 Å². The lowest BCUT2D eigenvalue weighted by Gasteiger charge is -2.33. The monoisotopic (exact) mass is 546 g/mol. The van der Waals surface area contributed by atoms with Crippen LogP contribution >= 0.6 is 7.92 Å². The number of alkyl halides is 6. The van der Waals surface area contributed by atoms with Crippen molar-refractivity contribution in [1.29, 1.82) is 0 Å². The van der Waals surface area contributed by atoms with Crippen molar-refractivity contribution < 1.29 is 75.4 Å². The molecule has 0 saturated carbocycles. The Labute approximate surface area is 177 Å². The molecule has 0 saturated heterocycles. The predicted octanol–water partition coefficient (Wildman–Crippen LogP) is 5.57. The molecule has 34 heavy (non-hydrogen) atoms. The van der Waals surface area contributed by atoms with Gasteiger partial charge in [-0.15, -0.1) is 0 Å². The molecule has 0 bridgehead atoms. The van der Waals surface area contributed by atoms with Gasteiger partial charge in [0.2, 0.25) is 11.6 Å². The van der Waals surface area contributed by atoms with Crippen LogP contribution in [0.1, 0.15) is 0 Å². The molecule has 18 heteroatoms. The molecule has 0 aliphatic rings. The Balaban J connectivity index is 3.12. The summed E-state index contributed by atoms with van der Waals surface area (Å²) in [6.07, 6.45) is -13.3. The van der Waals surface area contributed by atoms with Crippen LogP contribution in [0, 0.1) is 64.1 Å². The number of benzene rings is 2. The van der Waals surface area contributed by atoms with E-state index >= 15 is 0 Å². The largest absolute Gasteiger partial charge is 0.403 e. The van der Waals surface area contributed by atoms with E-state index in [1.54, 1.807) is 0 Å². The van der Waals surface area contributed by atoms with Gasteiger partial charge in [-0.3, -0.25) is 0 Å². The molecule has 190 valence electrons. The van der Waals surface area contributed by atoms with Crippen molar-refractivity contribution in [2.45, 2.75) is 18.2 Å². The van der Waals surface area contributed by atoms with Gasteiger partial charge in [0.05, 0.1) is 10.6 Å². The Morgan fingerprint density at radius 2 is 0.647 bits per heavy atom. The summed E-state index contributed by atoms with van der Waals surface area (Å²) in [5, 5.41) is 4.07. The highest BCUT2D eigenvalue weighted by molar-refractivity contribution is 7.73. The Morgan fingerprint density at radius 1 is 0.441 bits per heavy atom. The fourth-order valence-corrected chi connectivity index (χ4v) is 5.29. The maximum atomic E-state index is 14.2. The second kappa shape index (κ2) is 9.06. The first-order chi connectivity index (χ1) is 15.3. The van der Waals surface area contributed by atoms with Crippen molar-refractivity contribution in [3.63, 3.8) is 0 Å². The molecule has 1 atom stereocenters. The van der Waals surface area contributed by atoms with Crippen LogP contribution in [-0.2, 0) is 0 Å². The average Bonchev–Trinajstić information content (AvgIpc) is 2.70. The highest BCUT2D eigenvalue weighted by Gasteiger charge is 2.63. The third kappa shape index (κ3) is 4.51. The van der Waals surface area contributed by atoms with E-state index in [0.717, 1.165) is 0 Å². The first-order valence-corrected chi connectivity index (χ1v) is 9.31. The molecule has 0 spiro atoms. The van der Waals surface area contributed by atoms with E-state index in [1.165, 1.54) is 0 Å². The molecule has 0 aliphatic heterocycles. The minimum absolute atomic E-state index is 2.86. The zero-order valence-corrected chi connectivity index (χ0v) is 16.0. The number of hydrogen-bond donors (Lipinski definition) is 1. The molecule has 0 radical (unpaired) electrons. The lowest BCUT2D eigenvalue weighted by atomic mass is 10.1. The van der Waals surface area contributed by atoms with Crippen molar-refractivity contribution in [1.82, 2.24) is 0 Å². The molecule has 2 rings (SSSR count). The number of rotatable bonds is 4. The fraction of sp³-hybridized carbons (Fsp3) is 0.250. The minimum atomic E-state index is -6.66. The molecular weight excluding hydrogens is 543 g/mol. The van der Waals surface area contributed by atoms with E-state index < -0.39 is 101 Å². The lowest BCUT2D eigenvalue weighted by Crippen LogP contribution is -2.47. The van der Waals surface area contributed by atoms with Crippen LogP contribution in [0.15, 0.2) is 0 Å². The zero-order chi connectivity index (χ0) is 26.7. The highest BCUT2D eigenvalue weighted by atomic mass is 31.1. The summed E-state index contributed by atoms with van der Waals surface area (Å²) in [7, 11) is -5.23. The molecular formula is C16H3F16OP. The summed E-state index contributed by atoms with van der Waals surface area (Å²) in [6.45, 7) is 0.